The first-order chi connectivity index (χ1) is 13.9. The van der Waals surface area contributed by atoms with E-state index in [0.29, 0.717) is 34.6 Å². The Hall–Kier alpha value is -3.54. The molecule has 6 heteroatoms. The van der Waals surface area contributed by atoms with Crippen molar-refractivity contribution in [3.8, 4) is 16.9 Å². The largest absolute Gasteiger partial charge is 0.493 e. The van der Waals surface area contributed by atoms with Crippen LogP contribution in [0.4, 0.5) is 10.1 Å². The monoisotopic (exact) mass is 393 g/mol. The van der Waals surface area contributed by atoms with Crippen molar-refractivity contribution < 1.29 is 18.8 Å². The van der Waals surface area contributed by atoms with Gasteiger partial charge < -0.3 is 4.74 Å². The molecular weight excluding hydrogens is 373 g/mol. The molecule has 0 bridgehead atoms. The highest BCUT2D eigenvalue weighted by Crippen LogP contribution is 2.36. The number of benzene rings is 3. The van der Waals surface area contributed by atoms with Gasteiger partial charge in [-0.05, 0) is 42.7 Å². The molecule has 3 aromatic rings. The van der Waals surface area contributed by atoms with Gasteiger partial charge in [0, 0.05) is 24.1 Å². The molecule has 3 aromatic carbocycles. The highest BCUT2D eigenvalue weighted by atomic mass is 19.1. The number of ketones is 1. The first-order valence-corrected chi connectivity index (χ1v) is 9.19. The Morgan fingerprint density at radius 3 is 2.45 bits per heavy atom. The summed E-state index contributed by atoms with van der Waals surface area (Å²) in [6, 6.07) is 16.2. The van der Waals surface area contributed by atoms with E-state index in [2.05, 4.69) is 0 Å². The van der Waals surface area contributed by atoms with Crippen LogP contribution < -0.4 is 4.74 Å². The highest BCUT2D eigenvalue weighted by molar-refractivity contribution is 5.95. The number of Topliss-reactive ketones (excluding diaryl/α,β-unsaturated/α-hetero) is 1. The van der Waals surface area contributed by atoms with Gasteiger partial charge in [0.1, 0.15) is 11.6 Å². The van der Waals surface area contributed by atoms with E-state index in [1.807, 2.05) is 6.92 Å². The molecule has 0 spiro atoms. The van der Waals surface area contributed by atoms with Crippen molar-refractivity contribution in [1.82, 2.24) is 0 Å². The summed E-state index contributed by atoms with van der Waals surface area (Å²) < 4.78 is 21.1. The maximum absolute atomic E-state index is 15.5. The molecule has 0 fully saturated rings. The second-order valence-electron chi connectivity index (χ2n) is 6.58. The molecule has 0 amide bonds. The fraction of sp³-hybridized carbons (Fsp3) is 0.174. The van der Waals surface area contributed by atoms with Crippen LogP contribution in [0.3, 0.4) is 0 Å². The molecule has 3 rings (SSSR count). The van der Waals surface area contributed by atoms with Crippen LogP contribution in [0.2, 0.25) is 0 Å². The van der Waals surface area contributed by atoms with E-state index in [0.717, 1.165) is 5.56 Å². The molecule has 0 heterocycles. The fourth-order valence-electron chi connectivity index (χ4n) is 3.13. The Morgan fingerprint density at radius 2 is 1.83 bits per heavy atom. The van der Waals surface area contributed by atoms with Crippen LogP contribution in [0.1, 0.15) is 35.3 Å². The SMILES string of the molecule is CCOc1ccc(Cc2ccc([N+](=O)[O-])cc2)c(F)c1-c1cccc(C(C)=O)c1. The third-order valence-electron chi connectivity index (χ3n) is 4.58. The Balaban J connectivity index is 2.04. The zero-order valence-electron chi connectivity index (χ0n) is 16.1. The molecule has 5 nitrogen and oxygen atoms in total. The summed E-state index contributed by atoms with van der Waals surface area (Å²) in [5.74, 6) is -0.139. The lowest BCUT2D eigenvalue weighted by Crippen LogP contribution is -2.02. The maximum Gasteiger partial charge on any atom is 0.269 e. The summed E-state index contributed by atoms with van der Waals surface area (Å²) in [6.07, 6.45) is 0.273. The van der Waals surface area contributed by atoms with Crippen molar-refractivity contribution in [3.05, 3.63) is 93.3 Å². The first-order valence-electron chi connectivity index (χ1n) is 9.19. The van der Waals surface area contributed by atoms with E-state index in [1.165, 1.54) is 19.1 Å². The zero-order chi connectivity index (χ0) is 21.0. The van der Waals surface area contributed by atoms with E-state index < -0.39 is 10.7 Å². The van der Waals surface area contributed by atoms with Crippen LogP contribution in [0.5, 0.6) is 5.75 Å². The minimum Gasteiger partial charge on any atom is -0.493 e. The number of hydrogen-bond donors (Lipinski definition) is 0. The average Bonchev–Trinajstić information content (AvgIpc) is 2.71. The van der Waals surface area contributed by atoms with Gasteiger partial charge in [0.2, 0.25) is 0 Å². The molecule has 0 aromatic heterocycles. The summed E-state index contributed by atoms with van der Waals surface area (Å²) in [7, 11) is 0. The number of nitro benzene ring substituents is 1. The van der Waals surface area contributed by atoms with Crippen molar-refractivity contribution in [2.24, 2.45) is 0 Å². The smallest absolute Gasteiger partial charge is 0.269 e. The molecular formula is C23H20FNO4. The number of ether oxygens (including phenoxy) is 1. The summed E-state index contributed by atoms with van der Waals surface area (Å²) in [5.41, 5.74) is 2.53. The number of non-ortho nitro benzene ring substituents is 1. The number of carbonyl (C=O) groups is 1. The minimum atomic E-state index is -0.471. The van der Waals surface area contributed by atoms with Gasteiger partial charge >= 0.3 is 0 Å². The molecule has 0 radical (unpaired) electrons. The van der Waals surface area contributed by atoms with Gasteiger partial charge in [-0.25, -0.2) is 4.39 Å². The molecule has 29 heavy (non-hydrogen) atoms. The van der Waals surface area contributed by atoms with Crippen molar-refractivity contribution in [2.45, 2.75) is 20.3 Å². The van der Waals surface area contributed by atoms with Gasteiger partial charge in [-0.15, -0.1) is 0 Å². The Bertz CT molecular complexity index is 1060. The number of nitro groups is 1. The lowest BCUT2D eigenvalue weighted by Gasteiger charge is -2.15. The normalized spacial score (nSPS) is 10.6. The van der Waals surface area contributed by atoms with Gasteiger partial charge in [-0.2, -0.15) is 0 Å². The number of carbonyl (C=O) groups excluding carboxylic acids is 1. The molecule has 0 unspecified atom stereocenters. The fourth-order valence-corrected chi connectivity index (χ4v) is 3.13. The third-order valence-corrected chi connectivity index (χ3v) is 4.58. The lowest BCUT2D eigenvalue weighted by molar-refractivity contribution is -0.384. The quantitative estimate of drug-likeness (QED) is 0.298. The second-order valence-corrected chi connectivity index (χ2v) is 6.58. The van der Waals surface area contributed by atoms with Gasteiger partial charge in [-0.1, -0.05) is 36.4 Å². The summed E-state index contributed by atoms with van der Waals surface area (Å²) >= 11 is 0. The Morgan fingerprint density at radius 1 is 1.10 bits per heavy atom. The third kappa shape index (κ3) is 4.48. The van der Waals surface area contributed by atoms with Gasteiger partial charge in [0.05, 0.1) is 17.1 Å². The van der Waals surface area contributed by atoms with Crippen LogP contribution in [0, 0.1) is 15.9 Å². The van der Waals surface area contributed by atoms with Crippen molar-refractivity contribution in [3.63, 3.8) is 0 Å². The zero-order valence-corrected chi connectivity index (χ0v) is 16.1. The average molecular weight is 393 g/mol. The predicted octanol–water partition coefficient (Wildman–Crippen LogP) is 5.59. The first kappa shape index (κ1) is 20.2. The predicted molar refractivity (Wildman–Crippen MR) is 109 cm³/mol. The van der Waals surface area contributed by atoms with Crippen molar-refractivity contribution >= 4 is 11.5 Å². The van der Waals surface area contributed by atoms with Crippen molar-refractivity contribution in [2.75, 3.05) is 6.61 Å². The topological polar surface area (TPSA) is 69.4 Å². The summed E-state index contributed by atoms with van der Waals surface area (Å²) in [4.78, 5) is 22.1. The number of nitrogens with zero attached hydrogens (tertiary/aromatic N) is 1. The number of halogens is 1. The molecule has 0 saturated carbocycles. The van der Waals surface area contributed by atoms with E-state index in [1.54, 1.807) is 48.5 Å². The highest BCUT2D eigenvalue weighted by Gasteiger charge is 2.18. The lowest BCUT2D eigenvalue weighted by atomic mass is 9.95. The van der Waals surface area contributed by atoms with E-state index in [4.69, 9.17) is 4.74 Å². The summed E-state index contributed by atoms with van der Waals surface area (Å²) in [5, 5.41) is 10.8. The standard InChI is InChI=1S/C23H20FNO4/c1-3-29-21-12-9-19(13-16-7-10-20(11-8-16)25(27)28)23(24)22(21)18-6-4-5-17(14-18)15(2)26/h4-12,14H,3,13H2,1-2H3. The maximum atomic E-state index is 15.5. The minimum absolute atomic E-state index is 0.0114. The van der Waals surface area contributed by atoms with Crippen LogP contribution in [-0.2, 0) is 6.42 Å². The summed E-state index contributed by atoms with van der Waals surface area (Å²) in [6.45, 7) is 3.66. The van der Waals surface area contributed by atoms with E-state index in [-0.39, 0.29) is 17.9 Å². The van der Waals surface area contributed by atoms with Crippen LogP contribution in [-0.4, -0.2) is 17.3 Å². The van der Waals surface area contributed by atoms with Crippen LogP contribution in [0.15, 0.2) is 60.7 Å². The molecule has 0 aliphatic carbocycles. The van der Waals surface area contributed by atoms with E-state index >= 15 is 4.39 Å². The van der Waals surface area contributed by atoms with Crippen molar-refractivity contribution in [1.29, 1.82) is 0 Å². The molecule has 0 aliphatic heterocycles. The molecule has 148 valence electrons. The van der Waals surface area contributed by atoms with Gasteiger partial charge in [0.25, 0.3) is 5.69 Å². The molecule has 0 atom stereocenters. The number of hydrogen-bond acceptors (Lipinski definition) is 4. The number of rotatable bonds is 7. The van der Waals surface area contributed by atoms with Crippen LogP contribution >= 0.6 is 0 Å². The Labute approximate surface area is 167 Å². The molecule has 0 aliphatic rings. The van der Waals surface area contributed by atoms with Gasteiger partial charge in [-0.3, -0.25) is 14.9 Å². The second kappa shape index (κ2) is 8.65. The Kier molecular flexibility index (Phi) is 6.02. The van der Waals surface area contributed by atoms with Gasteiger partial charge in [0.15, 0.2) is 5.78 Å². The van der Waals surface area contributed by atoms with E-state index in [9.17, 15) is 14.9 Å². The molecule has 0 N–H and O–H groups in total. The molecule has 0 saturated heterocycles. The van der Waals surface area contributed by atoms with Crippen LogP contribution in [0.25, 0.3) is 11.1 Å².